The highest BCUT2D eigenvalue weighted by atomic mass is 31.2. The van der Waals surface area contributed by atoms with E-state index in [-0.39, 0.29) is 12.5 Å². The largest absolute Gasteiger partial charge is 0.393 e. The van der Waals surface area contributed by atoms with Crippen molar-refractivity contribution in [1.82, 2.24) is 0 Å². The fraction of sp³-hybridized carbons (Fsp3) is 1.00. The molecule has 4 nitrogen and oxygen atoms in total. The number of hydrogen-bond acceptors (Lipinski definition) is 4. The molecular formula is C9H21O4P. The first-order chi connectivity index (χ1) is 6.61. The molecule has 0 bridgehead atoms. The van der Waals surface area contributed by atoms with Crippen LogP contribution in [0.1, 0.15) is 39.5 Å². The monoisotopic (exact) mass is 224 g/mol. The van der Waals surface area contributed by atoms with Gasteiger partial charge in [0.05, 0.1) is 12.7 Å². The lowest BCUT2D eigenvalue weighted by atomic mass is 9.96. The van der Waals surface area contributed by atoms with E-state index < -0.39 is 14.7 Å². The summed E-state index contributed by atoms with van der Waals surface area (Å²) in [6.45, 7) is 4.26. The van der Waals surface area contributed by atoms with Crippen molar-refractivity contribution in [1.29, 1.82) is 0 Å². The minimum absolute atomic E-state index is 0.00542. The molecule has 0 aliphatic rings. The molecule has 0 rings (SSSR count). The van der Waals surface area contributed by atoms with Gasteiger partial charge in [0.2, 0.25) is 0 Å². The van der Waals surface area contributed by atoms with Gasteiger partial charge in [-0.05, 0) is 12.8 Å². The average molecular weight is 224 g/mol. The first kappa shape index (κ1) is 14.3. The van der Waals surface area contributed by atoms with Gasteiger partial charge in [-0.3, -0.25) is 0 Å². The van der Waals surface area contributed by atoms with Gasteiger partial charge in [0, 0.05) is 5.92 Å². The molecule has 0 amide bonds. The highest BCUT2D eigenvalue weighted by Gasteiger charge is 2.18. The summed E-state index contributed by atoms with van der Waals surface area (Å²) in [5.74, 6) is 0.00542. The molecule has 0 aromatic heterocycles. The molecule has 0 heterocycles. The topological polar surface area (TPSA) is 69.9 Å². The van der Waals surface area contributed by atoms with Crippen LogP contribution in [0.3, 0.4) is 0 Å². The molecule has 0 fully saturated rings. The molecule has 3 N–H and O–H groups in total. The molecule has 0 aliphatic heterocycles. The first-order valence-corrected chi connectivity index (χ1v) is 6.27. The van der Waals surface area contributed by atoms with E-state index in [9.17, 15) is 5.11 Å². The van der Waals surface area contributed by atoms with Gasteiger partial charge in [0.25, 0.3) is 0 Å². The molecule has 5 heteroatoms. The van der Waals surface area contributed by atoms with Gasteiger partial charge in [0.1, 0.15) is 0 Å². The Kier molecular flexibility index (Phi) is 8.73. The molecule has 0 spiro atoms. The van der Waals surface area contributed by atoms with Gasteiger partial charge in [-0.1, -0.05) is 26.7 Å². The standard InChI is InChI=1S/C9H21O4P/c1-3-5-6-9(10)8(4-2)7-13-14(11)12/h8-12H,3-7H2,1-2H3. The Morgan fingerprint density at radius 2 is 1.93 bits per heavy atom. The number of hydrogen-bond donors (Lipinski definition) is 3. The van der Waals surface area contributed by atoms with Crippen LogP contribution in [-0.4, -0.2) is 27.6 Å². The van der Waals surface area contributed by atoms with Gasteiger partial charge < -0.3 is 19.4 Å². The van der Waals surface area contributed by atoms with Crippen molar-refractivity contribution in [3.63, 3.8) is 0 Å². The normalized spacial score (nSPS) is 15.9. The van der Waals surface area contributed by atoms with Crippen LogP contribution in [0.15, 0.2) is 0 Å². The molecule has 86 valence electrons. The van der Waals surface area contributed by atoms with Gasteiger partial charge >= 0.3 is 8.60 Å². The Morgan fingerprint density at radius 3 is 2.36 bits per heavy atom. The van der Waals surface area contributed by atoms with Crippen molar-refractivity contribution in [2.24, 2.45) is 5.92 Å². The molecule has 0 aromatic rings. The van der Waals surface area contributed by atoms with E-state index in [2.05, 4.69) is 6.92 Å². The van der Waals surface area contributed by atoms with Crippen LogP contribution in [0.2, 0.25) is 0 Å². The van der Waals surface area contributed by atoms with E-state index in [1.165, 1.54) is 0 Å². The van der Waals surface area contributed by atoms with E-state index >= 15 is 0 Å². The molecule has 0 saturated carbocycles. The SMILES string of the molecule is CCCCC(O)C(CC)COP(O)O. The van der Waals surface area contributed by atoms with Crippen LogP contribution in [0.25, 0.3) is 0 Å². The fourth-order valence-corrected chi connectivity index (χ4v) is 1.64. The van der Waals surface area contributed by atoms with Gasteiger partial charge in [0.15, 0.2) is 0 Å². The molecule has 0 aliphatic carbocycles. The van der Waals surface area contributed by atoms with Gasteiger partial charge in [-0.15, -0.1) is 0 Å². The number of aliphatic hydroxyl groups is 1. The maximum absolute atomic E-state index is 9.72. The Balaban J connectivity index is 3.74. The van der Waals surface area contributed by atoms with Crippen molar-refractivity contribution in [2.45, 2.75) is 45.6 Å². The third-order valence-corrected chi connectivity index (χ3v) is 2.71. The zero-order valence-electron chi connectivity index (χ0n) is 8.89. The van der Waals surface area contributed by atoms with Crippen LogP contribution in [0.4, 0.5) is 0 Å². The predicted octanol–water partition coefficient (Wildman–Crippen LogP) is 1.79. The zero-order chi connectivity index (χ0) is 11.0. The van der Waals surface area contributed by atoms with Crippen molar-refractivity contribution < 1.29 is 19.4 Å². The molecule has 0 saturated heterocycles. The van der Waals surface area contributed by atoms with Crippen LogP contribution >= 0.6 is 8.60 Å². The summed E-state index contributed by atoms with van der Waals surface area (Å²) in [7, 11) is -2.29. The minimum atomic E-state index is -2.29. The fourth-order valence-electron chi connectivity index (χ4n) is 1.31. The lowest BCUT2D eigenvalue weighted by Crippen LogP contribution is -2.23. The third kappa shape index (κ3) is 6.68. The molecular weight excluding hydrogens is 203 g/mol. The van der Waals surface area contributed by atoms with Gasteiger partial charge in [-0.2, -0.15) is 0 Å². The van der Waals surface area contributed by atoms with Crippen molar-refractivity contribution in [2.75, 3.05) is 6.61 Å². The summed E-state index contributed by atoms with van der Waals surface area (Å²) in [4.78, 5) is 17.1. The summed E-state index contributed by atoms with van der Waals surface area (Å²) in [6, 6.07) is 0. The number of rotatable bonds is 8. The van der Waals surface area contributed by atoms with Crippen molar-refractivity contribution >= 4 is 8.60 Å². The average Bonchev–Trinajstić information content (AvgIpc) is 2.15. The maximum Gasteiger partial charge on any atom is 0.327 e. The number of unbranched alkanes of at least 4 members (excludes halogenated alkanes) is 1. The molecule has 0 radical (unpaired) electrons. The Bertz CT molecular complexity index is 132. The molecule has 0 aromatic carbocycles. The van der Waals surface area contributed by atoms with Crippen molar-refractivity contribution in [3.05, 3.63) is 0 Å². The lowest BCUT2D eigenvalue weighted by molar-refractivity contribution is 0.0606. The van der Waals surface area contributed by atoms with E-state index in [4.69, 9.17) is 14.3 Å². The zero-order valence-corrected chi connectivity index (χ0v) is 9.78. The summed E-state index contributed by atoms with van der Waals surface area (Å²) >= 11 is 0. The second-order valence-corrected chi connectivity index (χ2v) is 4.19. The quantitative estimate of drug-likeness (QED) is 0.550. The summed E-state index contributed by atoms with van der Waals surface area (Å²) < 4.78 is 4.71. The van der Waals surface area contributed by atoms with Crippen LogP contribution in [-0.2, 0) is 4.52 Å². The number of aliphatic hydroxyl groups excluding tert-OH is 1. The smallest absolute Gasteiger partial charge is 0.327 e. The Morgan fingerprint density at radius 1 is 1.29 bits per heavy atom. The summed E-state index contributed by atoms with van der Waals surface area (Å²) in [5.41, 5.74) is 0. The first-order valence-electron chi connectivity index (χ1n) is 5.10. The van der Waals surface area contributed by atoms with E-state index in [1.807, 2.05) is 6.92 Å². The predicted molar refractivity (Wildman–Crippen MR) is 56.6 cm³/mol. The molecule has 14 heavy (non-hydrogen) atoms. The van der Waals surface area contributed by atoms with Crippen LogP contribution < -0.4 is 0 Å². The van der Waals surface area contributed by atoms with Crippen LogP contribution in [0.5, 0.6) is 0 Å². The minimum Gasteiger partial charge on any atom is -0.393 e. The summed E-state index contributed by atoms with van der Waals surface area (Å²) in [5, 5.41) is 9.72. The van der Waals surface area contributed by atoms with Gasteiger partial charge in [-0.25, -0.2) is 0 Å². The second-order valence-electron chi connectivity index (χ2n) is 3.43. The van der Waals surface area contributed by atoms with E-state index in [0.717, 1.165) is 25.7 Å². The van der Waals surface area contributed by atoms with Crippen LogP contribution in [0, 0.1) is 5.92 Å². The van der Waals surface area contributed by atoms with E-state index in [1.54, 1.807) is 0 Å². The van der Waals surface area contributed by atoms with Crippen molar-refractivity contribution in [3.8, 4) is 0 Å². The molecule has 2 atom stereocenters. The highest BCUT2D eigenvalue weighted by molar-refractivity contribution is 7.39. The molecule has 2 unspecified atom stereocenters. The third-order valence-electron chi connectivity index (χ3n) is 2.33. The van der Waals surface area contributed by atoms with E-state index in [0.29, 0.717) is 0 Å². The second kappa shape index (κ2) is 8.57. The maximum atomic E-state index is 9.72. The Labute approximate surface area is 86.9 Å². The highest BCUT2D eigenvalue weighted by Crippen LogP contribution is 2.27. The Hall–Kier alpha value is 0.270. The lowest BCUT2D eigenvalue weighted by Gasteiger charge is -2.21. The summed E-state index contributed by atoms with van der Waals surface area (Å²) in [6.07, 6.45) is 3.20.